The monoisotopic (exact) mass is 331 g/mol. The molecule has 25 heavy (non-hydrogen) atoms. The van der Waals surface area contributed by atoms with Crippen molar-refractivity contribution < 1.29 is 14.7 Å². The van der Waals surface area contributed by atoms with E-state index in [0.717, 1.165) is 16.7 Å². The second-order valence-corrected chi connectivity index (χ2v) is 5.74. The zero-order chi connectivity index (χ0) is 17.8. The van der Waals surface area contributed by atoms with Crippen molar-refractivity contribution in [1.29, 1.82) is 0 Å². The van der Waals surface area contributed by atoms with Crippen LogP contribution in [0.15, 0.2) is 72.8 Å². The van der Waals surface area contributed by atoms with E-state index < -0.39 is 5.97 Å². The minimum atomic E-state index is -1.03. The van der Waals surface area contributed by atoms with Gasteiger partial charge < -0.3 is 10.4 Å². The summed E-state index contributed by atoms with van der Waals surface area (Å²) >= 11 is 0. The Morgan fingerprint density at radius 1 is 0.840 bits per heavy atom. The van der Waals surface area contributed by atoms with E-state index in [1.165, 1.54) is 12.1 Å². The maximum atomic E-state index is 12.5. The maximum absolute atomic E-state index is 12.5. The fraction of sp³-hybridized carbons (Fsp3) is 0.0476. The number of carboxylic acids is 1. The molecule has 3 aromatic carbocycles. The van der Waals surface area contributed by atoms with Crippen LogP contribution in [0.5, 0.6) is 0 Å². The Morgan fingerprint density at radius 2 is 1.56 bits per heavy atom. The van der Waals surface area contributed by atoms with Crippen LogP contribution in [0.1, 0.15) is 26.3 Å². The molecule has 0 radical (unpaired) electrons. The Bertz CT molecular complexity index is 947. The van der Waals surface area contributed by atoms with Crippen molar-refractivity contribution in [2.75, 3.05) is 5.32 Å². The van der Waals surface area contributed by atoms with Gasteiger partial charge >= 0.3 is 5.97 Å². The molecule has 0 aromatic heterocycles. The SMILES string of the molecule is Cc1ccccc1-c1cccc(C(=O)Nc2cccc(C(=O)O)c2)c1. The number of anilines is 1. The van der Waals surface area contributed by atoms with E-state index in [2.05, 4.69) is 5.32 Å². The van der Waals surface area contributed by atoms with Crippen molar-refractivity contribution in [2.45, 2.75) is 6.92 Å². The fourth-order valence-electron chi connectivity index (χ4n) is 2.66. The molecule has 0 aliphatic heterocycles. The average molecular weight is 331 g/mol. The van der Waals surface area contributed by atoms with Gasteiger partial charge in [0.15, 0.2) is 0 Å². The summed E-state index contributed by atoms with van der Waals surface area (Å²) in [5.41, 5.74) is 4.27. The first-order valence-electron chi connectivity index (χ1n) is 7.85. The van der Waals surface area contributed by atoms with E-state index >= 15 is 0 Å². The normalized spacial score (nSPS) is 10.3. The van der Waals surface area contributed by atoms with Gasteiger partial charge in [0.2, 0.25) is 0 Å². The number of hydrogen-bond donors (Lipinski definition) is 2. The Labute approximate surface area is 145 Å². The lowest BCUT2D eigenvalue weighted by atomic mass is 9.99. The van der Waals surface area contributed by atoms with Gasteiger partial charge in [-0.15, -0.1) is 0 Å². The summed E-state index contributed by atoms with van der Waals surface area (Å²) in [4.78, 5) is 23.5. The van der Waals surface area contributed by atoms with E-state index in [-0.39, 0.29) is 11.5 Å². The van der Waals surface area contributed by atoms with Crippen molar-refractivity contribution in [3.8, 4) is 11.1 Å². The molecule has 0 saturated carbocycles. The first-order valence-corrected chi connectivity index (χ1v) is 7.85. The van der Waals surface area contributed by atoms with Crippen LogP contribution in [0.25, 0.3) is 11.1 Å². The average Bonchev–Trinajstić information content (AvgIpc) is 2.62. The van der Waals surface area contributed by atoms with Gasteiger partial charge in [-0.2, -0.15) is 0 Å². The number of carbonyl (C=O) groups is 2. The zero-order valence-electron chi connectivity index (χ0n) is 13.7. The molecule has 0 unspecified atom stereocenters. The minimum absolute atomic E-state index is 0.131. The zero-order valence-corrected chi connectivity index (χ0v) is 13.7. The third kappa shape index (κ3) is 3.75. The lowest BCUT2D eigenvalue weighted by molar-refractivity contribution is 0.0696. The molecular weight excluding hydrogens is 314 g/mol. The Morgan fingerprint density at radius 3 is 2.32 bits per heavy atom. The van der Waals surface area contributed by atoms with Crippen LogP contribution in [0, 0.1) is 6.92 Å². The number of amides is 1. The highest BCUT2D eigenvalue weighted by atomic mass is 16.4. The molecule has 1 amide bonds. The van der Waals surface area contributed by atoms with E-state index in [1.54, 1.807) is 18.2 Å². The lowest BCUT2D eigenvalue weighted by Crippen LogP contribution is -2.12. The molecule has 0 atom stereocenters. The summed E-state index contributed by atoms with van der Waals surface area (Å²) < 4.78 is 0. The number of nitrogens with one attached hydrogen (secondary N) is 1. The molecule has 0 aliphatic rings. The third-order valence-electron chi connectivity index (χ3n) is 3.95. The van der Waals surface area contributed by atoms with Crippen LogP contribution < -0.4 is 5.32 Å². The summed E-state index contributed by atoms with van der Waals surface area (Å²) in [7, 11) is 0. The lowest BCUT2D eigenvalue weighted by Gasteiger charge is -2.09. The topological polar surface area (TPSA) is 66.4 Å². The summed E-state index contributed by atoms with van der Waals surface area (Å²) in [6.07, 6.45) is 0. The summed E-state index contributed by atoms with van der Waals surface area (Å²) in [5.74, 6) is -1.31. The Balaban J connectivity index is 1.86. The quantitative estimate of drug-likeness (QED) is 0.733. The molecule has 0 spiro atoms. The van der Waals surface area contributed by atoms with Gasteiger partial charge in [-0.05, 0) is 53.9 Å². The van der Waals surface area contributed by atoms with Gasteiger partial charge in [0.05, 0.1) is 5.56 Å². The Hall–Kier alpha value is -3.40. The standard InChI is InChI=1S/C21H17NO3/c1-14-6-2-3-11-19(14)15-7-4-8-16(12-15)20(23)22-18-10-5-9-17(13-18)21(24)25/h2-13H,1H3,(H,22,23)(H,24,25). The number of hydrogen-bond acceptors (Lipinski definition) is 2. The van der Waals surface area contributed by atoms with Crippen LogP contribution in [-0.2, 0) is 0 Å². The van der Waals surface area contributed by atoms with Crippen LogP contribution in [0.3, 0.4) is 0 Å². The molecule has 3 aromatic rings. The maximum Gasteiger partial charge on any atom is 0.335 e. The molecule has 4 heteroatoms. The second-order valence-electron chi connectivity index (χ2n) is 5.74. The van der Waals surface area contributed by atoms with Crippen molar-refractivity contribution in [3.05, 3.63) is 89.5 Å². The molecule has 2 N–H and O–H groups in total. The summed E-state index contributed by atoms with van der Waals surface area (Å²) in [6.45, 7) is 2.03. The molecule has 4 nitrogen and oxygen atoms in total. The third-order valence-corrected chi connectivity index (χ3v) is 3.95. The number of aryl methyl sites for hydroxylation is 1. The highest BCUT2D eigenvalue weighted by molar-refractivity contribution is 6.05. The predicted octanol–water partition coefficient (Wildman–Crippen LogP) is 4.61. The highest BCUT2D eigenvalue weighted by Gasteiger charge is 2.10. The van der Waals surface area contributed by atoms with E-state index in [4.69, 9.17) is 5.11 Å². The molecule has 3 rings (SSSR count). The van der Waals surface area contributed by atoms with Crippen molar-refractivity contribution in [2.24, 2.45) is 0 Å². The molecule has 124 valence electrons. The number of carbonyl (C=O) groups excluding carboxylic acids is 1. The first-order chi connectivity index (χ1) is 12.0. The molecule has 0 bridgehead atoms. The van der Waals surface area contributed by atoms with E-state index in [1.807, 2.05) is 49.4 Å². The van der Waals surface area contributed by atoms with Gasteiger partial charge in [0, 0.05) is 11.3 Å². The molecule has 0 fully saturated rings. The molecular formula is C21H17NO3. The van der Waals surface area contributed by atoms with Gasteiger partial charge in [-0.1, -0.05) is 42.5 Å². The second kappa shape index (κ2) is 7.01. The minimum Gasteiger partial charge on any atom is -0.478 e. The molecule has 0 heterocycles. The van der Waals surface area contributed by atoms with E-state index in [9.17, 15) is 9.59 Å². The van der Waals surface area contributed by atoms with Crippen molar-refractivity contribution in [1.82, 2.24) is 0 Å². The van der Waals surface area contributed by atoms with Crippen LogP contribution in [-0.4, -0.2) is 17.0 Å². The van der Waals surface area contributed by atoms with Crippen LogP contribution in [0.4, 0.5) is 5.69 Å². The Kier molecular flexibility index (Phi) is 4.61. The molecule has 0 aliphatic carbocycles. The molecule has 0 saturated heterocycles. The van der Waals surface area contributed by atoms with Gasteiger partial charge in [0.25, 0.3) is 5.91 Å². The predicted molar refractivity (Wildman–Crippen MR) is 98.0 cm³/mol. The van der Waals surface area contributed by atoms with Gasteiger partial charge in [0.1, 0.15) is 0 Å². The van der Waals surface area contributed by atoms with E-state index in [0.29, 0.717) is 11.3 Å². The number of benzene rings is 3. The number of rotatable bonds is 4. The fourth-order valence-corrected chi connectivity index (χ4v) is 2.66. The van der Waals surface area contributed by atoms with Crippen LogP contribution >= 0.6 is 0 Å². The number of aromatic carboxylic acids is 1. The van der Waals surface area contributed by atoms with Crippen molar-refractivity contribution in [3.63, 3.8) is 0 Å². The smallest absolute Gasteiger partial charge is 0.335 e. The van der Waals surface area contributed by atoms with Gasteiger partial charge in [-0.3, -0.25) is 4.79 Å². The summed E-state index contributed by atoms with van der Waals surface area (Å²) in [5, 5.41) is 11.8. The highest BCUT2D eigenvalue weighted by Crippen LogP contribution is 2.24. The van der Waals surface area contributed by atoms with Crippen LogP contribution in [0.2, 0.25) is 0 Å². The number of carboxylic acid groups (broad SMARTS) is 1. The van der Waals surface area contributed by atoms with Gasteiger partial charge in [-0.25, -0.2) is 4.79 Å². The largest absolute Gasteiger partial charge is 0.478 e. The first kappa shape index (κ1) is 16.5. The summed E-state index contributed by atoms with van der Waals surface area (Å²) in [6, 6.07) is 21.5. The van der Waals surface area contributed by atoms with Crippen molar-refractivity contribution >= 4 is 17.6 Å².